The highest BCUT2D eigenvalue weighted by molar-refractivity contribution is 7.15. The van der Waals surface area contributed by atoms with Crippen LogP contribution in [0.2, 0.25) is 0 Å². The molecule has 0 fully saturated rings. The molecular weight excluding hydrogens is 280 g/mol. The van der Waals surface area contributed by atoms with E-state index in [1.807, 2.05) is 22.7 Å². The van der Waals surface area contributed by atoms with Gasteiger partial charge < -0.3 is 0 Å². The van der Waals surface area contributed by atoms with E-state index in [2.05, 4.69) is 47.2 Å². The Hall–Kier alpha value is -1.90. The molecular formula is C18H8S2. The molecule has 2 aromatic heterocycles. The monoisotopic (exact) mass is 288 g/mol. The predicted octanol–water partition coefficient (Wildman–Crippen LogP) is 6.26. The highest BCUT2D eigenvalue weighted by Gasteiger charge is 2.29. The zero-order valence-electron chi connectivity index (χ0n) is 10.4. The Morgan fingerprint density at radius 1 is 0.450 bits per heavy atom. The van der Waals surface area contributed by atoms with E-state index in [1.54, 1.807) is 0 Å². The summed E-state index contributed by atoms with van der Waals surface area (Å²) in [5, 5.41) is 7.37. The van der Waals surface area contributed by atoms with Gasteiger partial charge in [-0.05, 0) is 44.8 Å². The van der Waals surface area contributed by atoms with Crippen molar-refractivity contribution >= 4 is 33.4 Å². The Bertz CT molecular complexity index is 886. The molecule has 2 aromatic carbocycles. The van der Waals surface area contributed by atoms with Gasteiger partial charge in [0.1, 0.15) is 0 Å². The Labute approximate surface area is 123 Å². The van der Waals surface area contributed by atoms with Crippen molar-refractivity contribution in [3.8, 4) is 43.1 Å². The van der Waals surface area contributed by atoms with Crippen LogP contribution in [0.15, 0.2) is 47.2 Å². The summed E-state index contributed by atoms with van der Waals surface area (Å²) in [5.74, 6) is 0. The third kappa shape index (κ3) is 0.893. The summed E-state index contributed by atoms with van der Waals surface area (Å²) >= 11 is 3.72. The second-order valence-corrected chi connectivity index (χ2v) is 7.23. The largest absolute Gasteiger partial charge is 0.143 e. The maximum absolute atomic E-state index is 2.32. The van der Waals surface area contributed by atoms with Crippen LogP contribution in [-0.4, -0.2) is 0 Å². The average molecular weight is 288 g/mol. The molecule has 0 N–H and O–H groups in total. The fourth-order valence-corrected chi connectivity index (χ4v) is 5.67. The molecule has 0 nitrogen and oxygen atoms in total. The van der Waals surface area contributed by atoms with E-state index < -0.39 is 0 Å². The van der Waals surface area contributed by atoms with Gasteiger partial charge in [0.05, 0.1) is 0 Å². The first-order chi connectivity index (χ1) is 9.93. The van der Waals surface area contributed by atoms with Crippen LogP contribution in [-0.2, 0) is 0 Å². The molecule has 6 rings (SSSR count). The topological polar surface area (TPSA) is 0 Å². The molecule has 0 radical (unpaired) electrons. The lowest BCUT2D eigenvalue weighted by molar-refractivity contribution is 1.79. The van der Waals surface area contributed by atoms with Crippen LogP contribution in [0.4, 0.5) is 0 Å². The van der Waals surface area contributed by atoms with E-state index in [-0.39, 0.29) is 0 Å². The van der Waals surface area contributed by atoms with Gasteiger partial charge in [0.2, 0.25) is 0 Å². The van der Waals surface area contributed by atoms with Crippen molar-refractivity contribution in [2.45, 2.75) is 0 Å². The molecule has 2 heteroatoms. The van der Waals surface area contributed by atoms with E-state index >= 15 is 0 Å². The maximum Gasteiger partial charge on any atom is 0.0427 e. The molecule has 4 aromatic rings. The summed E-state index contributed by atoms with van der Waals surface area (Å²) in [4.78, 5) is 2.89. The number of thiophene rings is 2. The van der Waals surface area contributed by atoms with Crippen LogP contribution in [0.1, 0.15) is 0 Å². The number of fused-ring (bicyclic) bond motifs is 6. The molecule has 2 aliphatic carbocycles. The van der Waals surface area contributed by atoms with Crippen molar-refractivity contribution < 1.29 is 0 Å². The van der Waals surface area contributed by atoms with Crippen molar-refractivity contribution in [2.24, 2.45) is 0 Å². The van der Waals surface area contributed by atoms with E-state index in [9.17, 15) is 0 Å². The van der Waals surface area contributed by atoms with Gasteiger partial charge >= 0.3 is 0 Å². The van der Waals surface area contributed by atoms with Gasteiger partial charge in [0, 0.05) is 32.0 Å². The fourth-order valence-electron chi connectivity index (χ4n) is 3.78. The van der Waals surface area contributed by atoms with Gasteiger partial charge in [-0.25, -0.2) is 0 Å². The summed E-state index contributed by atoms with van der Waals surface area (Å²) in [5.41, 5.74) is 8.55. The first kappa shape index (κ1) is 9.92. The van der Waals surface area contributed by atoms with Crippen molar-refractivity contribution in [2.75, 3.05) is 0 Å². The van der Waals surface area contributed by atoms with Crippen LogP contribution in [0.5, 0.6) is 0 Å². The summed E-state index contributed by atoms with van der Waals surface area (Å²) in [6, 6.07) is 13.8. The highest BCUT2D eigenvalue weighted by atomic mass is 32.1. The van der Waals surface area contributed by atoms with E-state index in [1.165, 1.54) is 53.9 Å². The molecule has 0 unspecified atom stereocenters. The van der Waals surface area contributed by atoms with E-state index in [0.717, 1.165) is 0 Å². The zero-order chi connectivity index (χ0) is 12.8. The van der Waals surface area contributed by atoms with Gasteiger partial charge in [0.15, 0.2) is 0 Å². The second-order valence-electron chi connectivity index (χ2n) is 5.40. The highest BCUT2D eigenvalue weighted by Crippen LogP contribution is 2.57. The summed E-state index contributed by atoms with van der Waals surface area (Å²) < 4.78 is 0. The Morgan fingerprint density at radius 2 is 0.900 bits per heavy atom. The Balaban J connectivity index is 1.93. The lowest BCUT2D eigenvalue weighted by atomic mass is 9.98. The van der Waals surface area contributed by atoms with Crippen LogP contribution >= 0.6 is 22.7 Å². The molecule has 0 spiro atoms. The lowest BCUT2D eigenvalue weighted by Gasteiger charge is -2.06. The molecule has 0 saturated carbocycles. The van der Waals surface area contributed by atoms with Crippen molar-refractivity contribution in [3.05, 3.63) is 47.2 Å². The van der Waals surface area contributed by atoms with Gasteiger partial charge in [-0.3, -0.25) is 0 Å². The van der Waals surface area contributed by atoms with Crippen LogP contribution in [0.3, 0.4) is 0 Å². The number of hydrogen-bond acceptors (Lipinski definition) is 2. The van der Waals surface area contributed by atoms with Gasteiger partial charge in [0.25, 0.3) is 0 Å². The van der Waals surface area contributed by atoms with Crippen molar-refractivity contribution in [1.82, 2.24) is 0 Å². The van der Waals surface area contributed by atoms with Crippen LogP contribution < -0.4 is 0 Å². The lowest BCUT2D eigenvalue weighted by Crippen LogP contribution is -1.79. The molecule has 0 bridgehead atoms. The Kier molecular flexibility index (Phi) is 1.51. The van der Waals surface area contributed by atoms with Gasteiger partial charge in [-0.2, -0.15) is 0 Å². The Morgan fingerprint density at radius 3 is 1.40 bits per heavy atom. The summed E-state index contributed by atoms with van der Waals surface area (Å²) in [6.07, 6.45) is 0. The van der Waals surface area contributed by atoms with Gasteiger partial charge in [-0.1, -0.05) is 24.3 Å². The standard InChI is InChI=1S/C18H8S2/c1-2-10-12-6-8-20-18(12)14-4-3-13-15(16(10)14)9(1)11-5-7-19-17(11)13/h1-8H. The third-order valence-corrected chi connectivity index (χ3v) is 6.46. The van der Waals surface area contributed by atoms with Crippen molar-refractivity contribution in [1.29, 1.82) is 0 Å². The minimum atomic E-state index is 1.42. The minimum Gasteiger partial charge on any atom is -0.143 e. The van der Waals surface area contributed by atoms with Gasteiger partial charge in [-0.15, -0.1) is 22.7 Å². The summed E-state index contributed by atoms with van der Waals surface area (Å²) in [6.45, 7) is 0. The molecule has 92 valence electrons. The average Bonchev–Trinajstić information content (AvgIpc) is 3.18. The zero-order valence-corrected chi connectivity index (χ0v) is 12.1. The molecule has 0 amide bonds. The number of benzene rings is 2. The van der Waals surface area contributed by atoms with E-state index in [0.29, 0.717) is 0 Å². The van der Waals surface area contributed by atoms with Crippen LogP contribution in [0.25, 0.3) is 53.9 Å². The maximum atomic E-state index is 2.32. The number of rotatable bonds is 0. The molecule has 2 heterocycles. The molecule has 20 heavy (non-hydrogen) atoms. The normalized spacial score (nSPS) is 13.0. The fraction of sp³-hybridized carbons (Fsp3) is 0. The molecule has 2 aliphatic rings. The predicted molar refractivity (Wildman–Crippen MR) is 88.6 cm³/mol. The van der Waals surface area contributed by atoms with E-state index in [4.69, 9.17) is 0 Å². The minimum absolute atomic E-state index is 1.42. The molecule has 0 aliphatic heterocycles. The summed E-state index contributed by atoms with van der Waals surface area (Å²) in [7, 11) is 0. The third-order valence-electron chi connectivity index (χ3n) is 4.56. The van der Waals surface area contributed by atoms with Crippen molar-refractivity contribution in [3.63, 3.8) is 0 Å². The first-order valence-corrected chi connectivity index (χ1v) is 8.45. The first-order valence-electron chi connectivity index (χ1n) is 6.70. The second kappa shape index (κ2) is 3.05. The number of hydrogen-bond donors (Lipinski definition) is 0. The quantitative estimate of drug-likeness (QED) is 0.309. The molecule has 0 saturated heterocycles. The molecule has 0 atom stereocenters. The smallest absolute Gasteiger partial charge is 0.0427 e. The SMILES string of the molecule is c1cc2c(s1)-c1ccc3c4c(ccc-2c14)-c1ccsc1-3. The van der Waals surface area contributed by atoms with Crippen LogP contribution in [0, 0.1) is 0 Å².